The first-order valence-electron chi connectivity index (χ1n) is 4.22. The number of carbonyl (C=O) groups is 3. The first-order valence-corrected chi connectivity index (χ1v) is 4.66. The number of hydrogen-bond donors (Lipinski definition) is 2. The zero-order valence-electron chi connectivity index (χ0n) is 8.50. The molecule has 0 aliphatic carbocycles. The van der Waals surface area contributed by atoms with Crippen LogP contribution in [-0.2, 0) is 19.1 Å². The monoisotopic (exact) mass is 236 g/mol. The fraction of sp³-hybridized carbons (Fsp3) is 0.625. The number of methoxy groups -OCH3 is 1. The lowest BCUT2D eigenvalue weighted by molar-refractivity contribution is -0.141. The highest BCUT2D eigenvalue weighted by atomic mass is 35.5. The standard InChI is InChI=1S/C8H13ClN2O4/c1-5(9)8(14)11-3-6(12)10-4-7(13)15-2/h5H,3-4H2,1-2H3,(H,10,12)(H,11,14). The van der Waals surface area contributed by atoms with Gasteiger partial charge in [0.2, 0.25) is 11.8 Å². The number of nitrogens with one attached hydrogen (secondary N) is 2. The summed E-state index contributed by atoms with van der Waals surface area (Å²) in [4.78, 5) is 32.6. The molecule has 7 heteroatoms. The van der Waals surface area contributed by atoms with E-state index in [9.17, 15) is 14.4 Å². The first kappa shape index (κ1) is 13.7. The molecule has 0 spiro atoms. The summed E-state index contributed by atoms with van der Waals surface area (Å²) in [7, 11) is 1.21. The second-order valence-corrected chi connectivity index (χ2v) is 3.34. The van der Waals surface area contributed by atoms with Crippen LogP contribution in [0.4, 0.5) is 0 Å². The molecule has 0 fully saturated rings. The SMILES string of the molecule is COC(=O)CNC(=O)CNC(=O)C(C)Cl. The van der Waals surface area contributed by atoms with E-state index in [1.807, 2.05) is 0 Å². The van der Waals surface area contributed by atoms with E-state index < -0.39 is 23.2 Å². The Morgan fingerprint density at radius 3 is 2.33 bits per heavy atom. The van der Waals surface area contributed by atoms with Gasteiger partial charge in [-0.05, 0) is 6.92 Å². The maximum atomic E-state index is 11.0. The van der Waals surface area contributed by atoms with Crippen LogP contribution in [0.15, 0.2) is 0 Å². The van der Waals surface area contributed by atoms with Crippen molar-refractivity contribution in [3.8, 4) is 0 Å². The quantitative estimate of drug-likeness (QED) is 0.475. The van der Waals surface area contributed by atoms with Gasteiger partial charge >= 0.3 is 5.97 Å². The second kappa shape index (κ2) is 7.05. The molecule has 2 amide bonds. The van der Waals surface area contributed by atoms with Crippen molar-refractivity contribution in [2.45, 2.75) is 12.3 Å². The third-order valence-electron chi connectivity index (χ3n) is 1.44. The number of hydrogen-bond acceptors (Lipinski definition) is 4. The Morgan fingerprint density at radius 1 is 1.27 bits per heavy atom. The Bertz CT molecular complexity index is 255. The van der Waals surface area contributed by atoms with Crippen molar-refractivity contribution in [3.05, 3.63) is 0 Å². The van der Waals surface area contributed by atoms with Gasteiger partial charge < -0.3 is 15.4 Å². The fourth-order valence-corrected chi connectivity index (χ4v) is 0.691. The average molecular weight is 237 g/mol. The van der Waals surface area contributed by atoms with E-state index in [4.69, 9.17) is 11.6 Å². The Morgan fingerprint density at radius 2 is 1.87 bits per heavy atom. The van der Waals surface area contributed by atoms with Crippen LogP contribution in [0, 0.1) is 0 Å². The lowest BCUT2D eigenvalue weighted by Gasteiger charge is -2.06. The van der Waals surface area contributed by atoms with Gasteiger partial charge in [0.05, 0.1) is 13.7 Å². The van der Waals surface area contributed by atoms with Crippen LogP contribution < -0.4 is 10.6 Å². The lowest BCUT2D eigenvalue weighted by Crippen LogP contribution is -2.41. The van der Waals surface area contributed by atoms with Crippen molar-refractivity contribution in [3.63, 3.8) is 0 Å². The molecular weight excluding hydrogens is 224 g/mol. The molecule has 86 valence electrons. The van der Waals surface area contributed by atoms with Gasteiger partial charge in [0.15, 0.2) is 0 Å². The summed E-state index contributed by atoms with van der Waals surface area (Å²) in [6.07, 6.45) is 0. The smallest absolute Gasteiger partial charge is 0.325 e. The van der Waals surface area contributed by atoms with E-state index in [0.717, 1.165) is 0 Å². The minimum atomic E-state index is -0.696. The van der Waals surface area contributed by atoms with E-state index in [2.05, 4.69) is 15.4 Å². The van der Waals surface area contributed by atoms with Crippen LogP contribution >= 0.6 is 11.6 Å². The molecule has 6 nitrogen and oxygen atoms in total. The molecule has 0 aromatic carbocycles. The van der Waals surface area contributed by atoms with Gasteiger partial charge in [0.25, 0.3) is 0 Å². The number of esters is 1. The van der Waals surface area contributed by atoms with Gasteiger partial charge in [-0.15, -0.1) is 11.6 Å². The van der Waals surface area contributed by atoms with E-state index in [1.54, 1.807) is 0 Å². The number of ether oxygens (including phenoxy) is 1. The molecule has 0 saturated carbocycles. The van der Waals surface area contributed by atoms with Crippen LogP contribution in [0.1, 0.15) is 6.92 Å². The third-order valence-corrected chi connectivity index (χ3v) is 1.64. The molecule has 2 N–H and O–H groups in total. The van der Waals surface area contributed by atoms with Crippen molar-refractivity contribution in [2.24, 2.45) is 0 Å². The second-order valence-electron chi connectivity index (χ2n) is 2.69. The molecule has 0 aliphatic heterocycles. The Labute approximate surface area is 92.3 Å². The molecule has 0 bridgehead atoms. The van der Waals surface area contributed by atoms with Gasteiger partial charge in [-0.3, -0.25) is 14.4 Å². The Kier molecular flexibility index (Phi) is 6.44. The van der Waals surface area contributed by atoms with E-state index in [1.165, 1.54) is 14.0 Å². The lowest BCUT2D eigenvalue weighted by atomic mass is 10.4. The topological polar surface area (TPSA) is 84.5 Å². The van der Waals surface area contributed by atoms with Crippen LogP contribution in [-0.4, -0.2) is 43.4 Å². The van der Waals surface area contributed by atoms with Crippen LogP contribution in [0.5, 0.6) is 0 Å². The first-order chi connectivity index (χ1) is 6.97. The summed E-state index contributed by atoms with van der Waals surface area (Å²) in [6.45, 7) is 1.05. The molecule has 1 unspecified atom stereocenters. The number of alkyl halides is 1. The Balaban J connectivity index is 3.67. The molecule has 0 heterocycles. The number of rotatable bonds is 5. The number of carbonyl (C=O) groups excluding carboxylic acids is 3. The van der Waals surface area contributed by atoms with Crippen molar-refractivity contribution in [1.82, 2.24) is 10.6 Å². The zero-order chi connectivity index (χ0) is 11.8. The minimum absolute atomic E-state index is 0.215. The van der Waals surface area contributed by atoms with Crippen LogP contribution in [0.3, 0.4) is 0 Å². The normalized spacial score (nSPS) is 11.4. The molecular formula is C8H13ClN2O4. The van der Waals surface area contributed by atoms with Gasteiger partial charge in [0.1, 0.15) is 11.9 Å². The molecule has 0 aromatic rings. The van der Waals surface area contributed by atoms with Crippen LogP contribution in [0.2, 0.25) is 0 Å². The number of halogens is 1. The van der Waals surface area contributed by atoms with Crippen molar-refractivity contribution < 1.29 is 19.1 Å². The molecule has 0 rings (SSSR count). The summed E-state index contributed by atoms with van der Waals surface area (Å²) >= 11 is 5.44. The van der Waals surface area contributed by atoms with Crippen molar-refractivity contribution >= 4 is 29.4 Å². The molecule has 0 saturated heterocycles. The largest absolute Gasteiger partial charge is 0.468 e. The highest BCUT2D eigenvalue weighted by molar-refractivity contribution is 6.30. The van der Waals surface area contributed by atoms with Gasteiger partial charge in [-0.1, -0.05) is 0 Å². The average Bonchev–Trinajstić information content (AvgIpc) is 2.21. The molecule has 0 aromatic heterocycles. The van der Waals surface area contributed by atoms with Crippen LogP contribution in [0.25, 0.3) is 0 Å². The van der Waals surface area contributed by atoms with Crippen molar-refractivity contribution in [2.75, 3.05) is 20.2 Å². The number of amides is 2. The molecule has 0 aliphatic rings. The highest BCUT2D eigenvalue weighted by Gasteiger charge is 2.10. The summed E-state index contributed by atoms with van der Waals surface area (Å²) in [5.41, 5.74) is 0. The Hall–Kier alpha value is -1.30. The van der Waals surface area contributed by atoms with E-state index in [-0.39, 0.29) is 13.1 Å². The van der Waals surface area contributed by atoms with E-state index >= 15 is 0 Å². The van der Waals surface area contributed by atoms with E-state index in [0.29, 0.717) is 0 Å². The fourth-order valence-electron chi connectivity index (χ4n) is 0.613. The predicted molar refractivity (Wildman–Crippen MR) is 53.4 cm³/mol. The summed E-state index contributed by atoms with van der Waals surface area (Å²) in [5, 5.41) is 3.85. The van der Waals surface area contributed by atoms with Gasteiger partial charge in [-0.2, -0.15) is 0 Å². The predicted octanol–water partition coefficient (Wildman–Crippen LogP) is -0.981. The van der Waals surface area contributed by atoms with Gasteiger partial charge in [-0.25, -0.2) is 0 Å². The maximum absolute atomic E-state index is 11.0. The zero-order valence-corrected chi connectivity index (χ0v) is 9.26. The molecule has 1 atom stereocenters. The maximum Gasteiger partial charge on any atom is 0.325 e. The minimum Gasteiger partial charge on any atom is -0.468 e. The third kappa shape index (κ3) is 6.73. The summed E-state index contributed by atoms with van der Waals surface area (Å²) < 4.78 is 4.30. The van der Waals surface area contributed by atoms with Gasteiger partial charge in [0, 0.05) is 0 Å². The summed E-state index contributed by atoms with van der Waals surface area (Å²) in [5.74, 6) is -1.48. The summed E-state index contributed by atoms with van der Waals surface area (Å²) in [6, 6.07) is 0. The molecule has 0 radical (unpaired) electrons. The molecule has 15 heavy (non-hydrogen) atoms. The van der Waals surface area contributed by atoms with Crippen molar-refractivity contribution in [1.29, 1.82) is 0 Å². The highest BCUT2D eigenvalue weighted by Crippen LogP contribution is 1.91.